The fraction of sp³-hybridized carbons (Fsp3) is 0.759. The van der Waals surface area contributed by atoms with E-state index in [9.17, 15) is 14.3 Å². The number of nitrogens with two attached hydrogens (primary N) is 1. The van der Waals surface area contributed by atoms with Gasteiger partial charge in [0.15, 0.2) is 0 Å². The zero-order valence-electron chi connectivity index (χ0n) is 23.9. The van der Waals surface area contributed by atoms with Crippen LogP contribution in [0.25, 0.3) is 0 Å². The second kappa shape index (κ2) is 27.3. The third-order valence-corrected chi connectivity index (χ3v) is 6.56. The van der Waals surface area contributed by atoms with E-state index in [0.29, 0.717) is 6.61 Å². The van der Waals surface area contributed by atoms with Gasteiger partial charge in [-0.2, -0.15) is 0 Å². The molecule has 0 radical (unpaired) electrons. The molecule has 222 valence electrons. The molecule has 0 aliphatic rings. The van der Waals surface area contributed by atoms with Crippen molar-refractivity contribution in [2.75, 3.05) is 33.0 Å². The van der Waals surface area contributed by atoms with Gasteiger partial charge in [0.2, 0.25) is 0 Å². The highest BCUT2D eigenvalue weighted by Crippen LogP contribution is 2.43. The molecule has 0 aromatic carbocycles. The molecule has 0 aliphatic carbocycles. The van der Waals surface area contributed by atoms with Gasteiger partial charge in [0.05, 0.1) is 19.8 Å². The molecular weight excluding hydrogens is 505 g/mol. The third kappa shape index (κ3) is 26.3. The van der Waals surface area contributed by atoms with E-state index in [4.69, 9.17) is 24.3 Å². The molecule has 0 rings (SSSR count). The van der Waals surface area contributed by atoms with Gasteiger partial charge in [0, 0.05) is 19.6 Å². The SMILES string of the molecule is CC/C=C\C/C=C\C/C=C\CCCCCC(=O)OC(COCCCCCCCC)COP(=O)(O)OCCN. The van der Waals surface area contributed by atoms with Gasteiger partial charge in [-0.15, -0.1) is 0 Å². The van der Waals surface area contributed by atoms with Crippen molar-refractivity contribution in [2.45, 2.75) is 110 Å². The highest BCUT2D eigenvalue weighted by molar-refractivity contribution is 7.47. The Bertz CT molecular complexity index is 682. The zero-order chi connectivity index (χ0) is 28.2. The first-order valence-electron chi connectivity index (χ1n) is 14.5. The minimum Gasteiger partial charge on any atom is -0.457 e. The molecule has 0 spiro atoms. The highest BCUT2D eigenvalue weighted by Gasteiger charge is 2.25. The number of carbonyl (C=O) groups is 1. The minimum atomic E-state index is -4.26. The molecule has 2 atom stereocenters. The van der Waals surface area contributed by atoms with E-state index >= 15 is 0 Å². The van der Waals surface area contributed by atoms with Crippen molar-refractivity contribution in [1.82, 2.24) is 0 Å². The molecule has 0 saturated heterocycles. The second-order valence-electron chi connectivity index (χ2n) is 9.23. The molecule has 0 aliphatic heterocycles. The number of hydrogen-bond donors (Lipinski definition) is 2. The van der Waals surface area contributed by atoms with Crippen LogP contribution >= 0.6 is 7.82 Å². The summed E-state index contributed by atoms with van der Waals surface area (Å²) in [5, 5.41) is 0. The third-order valence-electron chi connectivity index (χ3n) is 5.57. The largest absolute Gasteiger partial charge is 0.472 e. The summed E-state index contributed by atoms with van der Waals surface area (Å²) in [5.74, 6) is -0.366. The van der Waals surface area contributed by atoms with E-state index in [0.717, 1.165) is 57.8 Å². The van der Waals surface area contributed by atoms with Crippen LogP contribution < -0.4 is 5.73 Å². The molecule has 0 aromatic heterocycles. The molecule has 0 amide bonds. The average Bonchev–Trinajstić information content (AvgIpc) is 2.90. The molecule has 0 heterocycles. The summed E-state index contributed by atoms with van der Waals surface area (Å²) in [6.45, 7) is 4.67. The number of allylic oxidation sites excluding steroid dienone is 6. The molecule has 38 heavy (non-hydrogen) atoms. The van der Waals surface area contributed by atoms with Crippen molar-refractivity contribution in [2.24, 2.45) is 5.73 Å². The summed E-state index contributed by atoms with van der Waals surface area (Å²) in [7, 11) is -4.26. The van der Waals surface area contributed by atoms with Crippen LogP contribution in [0.2, 0.25) is 0 Å². The fourth-order valence-corrected chi connectivity index (χ4v) is 4.24. The summed E-state index contributed by atoms with van der Waals surface area (Å²) in [5.41, 5.74) is 5.30. The van der Waals surface area contributed by atoms with Gasteiger partial charge >= 0.3 is 13.8 Å². The Morgan fingerprint density at radius 2 is 1.47 bits per heavy atom. The number of rotatable bonds is 27. The van der Waals surface area contributed by atoms with Crippen LogP contribution in [0.15, 0.2) is 36.5 Å². The Morgan fingerprint density at radius 3 is 2.18 bits per heavy atom. The first-order valence-corrected chi connectivity index (χ1v) is 16.0. The maximum absolute atomic E-state index is 12.3. The van der Waals surface area contributed by atoms with Crippen molar-refractivity contribution < 1.29 is 32.8 Å². The molecule has 0 saturated carbocycles. The second-order valence-corrected chi connectivity index (χ2v) is 10.7. The van der Waals surface area contributed by atoms with Gasteiger partial charge in [0.1, 0.15) is 6.10 Å². The number of phosphoric ester groups is 1. The molecule has 9 heteroatoms. The predicted octanol–water partition coefficient (Wildman–Crippen LogP) is 7.18. The maximum atomic E-state index is 12.3. The molecular formula is C29H54NO7P. The van der Waals surface area contributed by atoms with Gasteiger partial charge < -0.3 is 20.1 Å². The number of unbranched alkanes of at least 4 members (excludes halogenated alkanes) is 8. The summed E-state index contributed by atoms with van der Waals surface area (Å²) in [6, 6.07) is 0. The van der Waals surface area contributed by atoms with Crippen LogP contribution in [0, 0.1) is 0 Å². The number of phosphoric acid groups is 1. The Morgan fingerprint density at radius 1 is 0.816 bits per heavy atom. The zero-order valence-corrected chi connectivity index (χ0v) is 24.8. The molecule has 8 nitrogen and oxygen atoms in total. The minimum absolute atomic E-state index is 0.0947. The number of hydrogen-bond acceptors (Lipinski definition) is 7. The molecule has 2 unspecified atom stereocenters. The molecule has 0 bridgehead atoms. The lowest BCUT2D eigenvalue weighted by Crippen LogP contribution is -2.28. The summed E-state index contributed by atoms with van der Waals surface area (Å²) in [4.78, 5) is 22.1. The Balaban J connectivity index is 4.24. The van der Waals surface area contributed by atoms with Crippen LogP contribution in [0.5, 0.6) is 0 Å². The fourth-order valence-electron chi connectivity index (χ4n) is 3.48. The molecule has 0 fully saturated rings. The highest BCUT2D eigenvalue weighted by atomic mass is 31.2. The van der Waals surface area contributed by atoms with Crippen molar-refractivity contribution >= 4 is 13.8 Å². The number of ether oxygens (including phenoxy) is 2. The standard InChI is InChI=1S/C29H54NO7P/c1-3-5-7-9-11-12-13-14-15-16-17-18-20-22-29(31)37-28(27-36-38(32,33)35-25-23-30)26-34-24-21-19-10-8-6-4-2/h5,7,11-12,14-15,28H,3-4,6,8-10,13,16-27,30H2,1-2H3,(H,32,33)/b7-5-,12-11-,15-14-. The van der Waals surface area contributed by atoms with E-state index in [-0.39, 0.29) is 38.8 Å². The van der Waals surface area contributed by atoms with E-state index < -0.39 is 13.9 Å². The van der Waals surface area contributed by atoms with Crippen LogP contribution in [-0.4, -0.2) is 49.9 Å². The van der Waals surface area contributed by atoms with E-state index in [1.54, 1.807) is 0 Å². The lowest BCUT2D eigenvalue weighted by Gasteiger charge is -2.20. The lowest BCUT2D eigenvalue weighted by molar-refractivity contribution is -0.154. The first-order chi connectivity index (χ1) is 18.4. The lowest BCUT2D eigenvalue weighted by atomic mass is 10.1. The summed E-state index contributed by atoms with van der Waals surface area (Å²) < 4.78 is 32.8. The van der Waals surface area contributed by atoms with Crippen LogP contribution in [-0.2, 0) is 27.9 Å². The molecule has 3 N–H and O–H groups in total. The Labute approximate surface area is 231 Å². The summed E-state index contributed by atoms with van der Waals surface area (Å²) >= 11 is 0. The number of carbonyl (C=O) groups excluding carboxylic acids is 1. The van der Waals surface area contributed by atoms with E-state index in [1.165, 1.54) is 25.7 Å². The van der Waals surface area contributed by atoms with Gasteiger partial charge in [-0.25, -0.2) is 4.57 Å². The normalized spacial score (nSPS) is 14.5. The topological polar surface area (TPSA) is 117 Å². The van der Waals surface area contributed by atoms with Crippen LogP contribution in [0.3, 0.4) is 0 Å². The van der Waals surface area contributed by atoms with E-state index in [2.05, 4.69) is 50.3 Å². The van der Waals surface area contributed by atoms with Gasteiger partial charge in [-0.3, -0.25) is 13.8 Å². The molecule has 0 aromatic rings. The van der Waals surface area contributed by atoms with E-state index in [1.807, 2.05) is 0 Å². The monoisotopic (exact) mass is 559 g/mol. The number of esters is 1. The van der Waals surface area contributed by atoms with Crippen molar-refractivity contribution in [1.29, 1.82) is 0 Å². The predicted molar refractivity (Wildman–Crippen MR) is 155 cm³/mol. The van der Waals surface area contributed by atoms with Gasteiger partial charge in [-0.1, -0.05) is 88.8 Å². The first kappa shape index (κ1) is 36.7. The Kier molecular flexibility index (Phi) is 26.4. The van der Waals surface area contributed by atoms with Crippen LogP contribution in [0.4, 0.5) is 0 Å². The van der Waals surface area contributed by atoms with Gasteiger partial charge in [0.25, 0.3) is 0 Å². The van der Waals surface area contributed by atoms with Gasteiger partial charge in [-0.05, 0) is 44.9 Å². The quantitative estimate of drug-likeness (QED) is 0.0470. The van der Waals surface area contributed by atoms with Crippen molar-refractivity contribution in [3.63, 3.8) is 0 Å². The smallest absolute Gasteiger partial charge is 0.457 e. The Hall–Kier alpha value is -1.28. The van der Waals surface area contributed by atoms with Crippen molar-refractivity contribution in [3.8, 4) is 0 Å². The van der Waals surface area contributed by atoms with Crippen molar-refractivity contribution in [3.05, 3.63) is 36.5 Å². The average molecular weight is 560 g/mol. The summed E-state index contributed by atoms with van der Waals surface area (Å²) in [6.07, 6.45) is 26.0. The maximum Gasteiger partial charge on any atom is 0.472 e. The van der Waals surface area contributed by atoms with Crippen LogP contribution in [0.1, 0.15) is 104 Å².